The highest BCUT2D eigenvalue weighted by Gasteiger charge is 2.45. The van der Waals surface area contributed by atoms with E-state index >= 15 is 0 Å². The second kappa shape index (κ2) is 7.52. The highest BCUT2D eigenvalue weighted by atomic mass is 32.2. The van der Waals surface area contributed by atoms with Gasteiger partial charge in [-0.3, -0.25) is 4.79 Å². The monoisotopic (exact) mass is 424 g/mol. The molecule has 1 spiro atoms. The molecular weight excluding hydrogens is 392 g/mol. The van der Waals surface area contributed by atoms with E-state index in [0.29, 0.717) is 6.61 Å². The Morgan fingerprint density at radius 2 is 2.00 bits per heavy atom. The Hall–Kier alpha value is -1.59. The lowest BCUT2D eigenvalue weighted by atomic mass is 9.67. The van der Waals surface area contributed by atoms with Crippen molar-refractivity contribution in [1.82, 2.24) is 9.78 Å². The first-order valence-electron chi connectivity index (χ1n) is 11.5. The molecule has 0 N–H and O–H groups in total. The molecule has 2 heterocycles. The van der Waals surface area contributed by atoms with E-state index in [0.717, 1.165) is 54.0 Å². The van der Waals surface area contributed by atoms with E-state index in [2.05, 4.69) is 45.0 Å². The molecule has 2 fully saturated rings. The van der Waals surface area contributed by atoms with Crippen molar-refractivity contribution < 1.29 is 4.74 Å². The maximum absolute atomic E-state index is 14.1. The van der Waals surface area contributed by atoms with Crippen LogP contribution in [-0.2, 0) is 16.6 Å². The molecule has 1 aliphatic heterocycles. The molecule has 160 valence electrons. The molecule has 4 nitrogen and oxygen atoms in total. The van der Waals surface area contributed by atoms with E-state index in [4.69, 9.17) is 9.84 Å². The number of hydrogen-bond donors (Lipinski definition) is 0. The van der Waals surface area contributed by atoms with Crippen LogP contribution in [0.25, 0.3) is 11.1 Å². The molecule has 5 rings (SSSR count). The van der Waals surface area contributed by atoms with E-state index in [1.54, 1.807) is 11.8 Å². The molecular formula is C25H32N2O2S. The number of hydrogen-bond acceptors (Lipinski definition) is 4. The van der Waals surface area contributed by atoms with Crippen LogP contribution < -0.4 is 5.56 Å². The van der Waals surface area contributed by atoms with Crippen LogP contribution in [0.4, 0.5) is 0 Å². The molecule has 0 amide bonds. The van der Waals surface area contributed by atoms with Crippen molar-refractivity contribution in [2.45, 2.75) is 87.8 Å². The zero-order chi connectivity index (χ0) is 20.9. The number of ether oxygens (including phenoxy) is 1. The van der Waals surface area contributed by atoms with E-state index in [1.807, 2.05) is 4.68 Å². The second-order valence-electron chi connectivity index (χ2n) is 9.81. The number of fused-ring (bicyclic) bond motifs is 4. The summed E-state index contributed by atoms with van der Waals surface area (Å²) < 4.78 is 7.79. The van der Waals surface area contributed by atoms with Crippen molar-refractivity contribution in [2.75, 3.05) is 12.4 Å². The van der Waals surface area contributed by atoms with Gasteiger partial charge >= 0.3 is 0 Å². The van der Waals surface area contributed by atoms with Crippen molar-refractivity contribution in [3.05, 3.63) is 45.7 Å². The number of nitrogens with zero attached hydrogens (tertiary/aromatic N) is 2. The smallest absolute Gasteiger partial charge is 0.271 e. The van der Waals surface area contributed by atoms with E-state index in [9.17, 15) is 4.79 Å². The normalized spacial score (nSPS) is 23.9. The van der Waals surface area contributed by atoms with Crippen LogP contribution in [0.2, 0.25) is 0 Å². The number of benzene rings is 1. The Labute approximate surface area is 183 Å². The molecule has 0 bridgehead atoms. The number of thioether (sulfide) groups is 1. The molecule has 2 aromatic rings. The first kappa shape index (κ1) is 20.3. The summed E-state index contributed by atoms with van der Waals surface area (Å²) in [5.41, 5.74) is 4.74. The molecule has 30 heavy (non-hydrogen) atoms. The van der Waals surface area contributed by atoms with E-state index < -0.39 is 0 Å². The van der Waals surface area contributed by atoms with Crippen LogP contribution >= 0.6 is 11.8 Å². The SMILES string of the molecule is CCSc1nn(C2CCOC(C)(C)C2)c(=O)c2c1-c1ccccc1CC21CCCC1. The fourth-order valence-corrected chi connectivity index (χ4v) is 6.78. The van der Waals surface area contributed by atoms with Crippen LogP contribution in [0.5, 0.6) is 0 Å². The first-order chi connectivity index (χ1) is 14.4. The van der Waals surface area contributed by atoms with Gasteiger partial charge in [-0.15, -0.1) is 11.8 Å². The Morgan fingerprint density at radius 1 is 1.23 bits per heavy atom. The van der Waals surface area contributed by atoms with Gasteiger partial charge in [0, 0.05) is 23.1 Å². The third-order valence-corrected chi connectivity index (χ3v) is 8.14. The van der Waals surface area contributed by atoms with Crippen molar-refractivity contribution in [3.63, 3.8) is 0 Å². The fraction of sp³-hybridized carbons (Fsp3) is 0.600. The molecule has 1 atom stereocenters. The Kier molecular flexibility index (Phi) is 5.10. The van der Waals surface area contributed by atoms with Gasteiger partial charge < -0.3 is 4.74 Å². The lowest BCUT2D eigenvalue weighted by Crippen LogP contribution is -2.44. The predicted octanol–water partition coefficient (Wildman–Crippen LogP) is 5.52. The summed E-state index contributed by atoms with van der Waals surface area (Å²) in [5, 5.41) is 6.07. The first-order valence-corrected chi connectivity index (χ1v) is 12.4. The zero-order valence-corrected chi connectivity index (χ0v) is 19.2. The molecule has 1 saturated carbocycles. The lowest BCUT2D eigenvalue weighted by Gasteiger charge is -2.39. The molecule has 1 aromatic carbocycles. The zero-order valence-electron chi connectivity index (χ0n) is 18.4. The van der Waals surface area contributed by atoms with Gasteiger partial charge in [0.1, 0.15) is 5.03 Å². The van der Waals surface area contributed by atoms with Crippen molar-refractivity contribution in [2.24, 2.45) is 0 Å². The highest BCUT2D eigenvalue weighted by Crippen LogP contribution is 2.52. The Balaban J connectivity index is 1.77. The molecule has 1 aromatic heterocycles. The van der Waals surface area contributed by atoms with E-state index in [-0.39, 0.29) is 22.6 Å². The van der Waals surface area contributed by atoms with Crippen molar-refractivity contribution in [1.29, 1.82) is 0 Å². The molecule has 3 aliphatic rings. The molecule has 1 unspecified atom stereocenters. The predicted molar refractivity (Wildman–Crippen MR) is 122 cm³/mol. The van der Waals surface area contributed by atoms with Crippen LogP contribution in [0.3, 0.4) is 0 Å². The minimum absolute atomic E-state index is 0.0187. The summed E-state index contributed by atoms with van der Waals surface area (Å²) in [6, 6.07) is 8.79. The Bertz CT molecular complexity index is 1020. The minimum Gasteiger partial charge on any atom is -0.375 e. The maximum atomic E-state index is 14.1. The third kappa shape index (κ3) is 3.25. The van der Waals surface area contributed by atoms with Crippen molar-refractivity contribution in [3.8, 4) is 11.1 Å². The van der Waals surface area contributed by atoms with Gasteiger partial charge in [-0.05, 0) is 62.8 Å². The summed E-state index contributed by atoms with van der Waals surface area (Å²) in [5.74, 6) is 0.950. The summed E-state index contributed by atoms with van der Waals surface area (Å²) >= 11 is 1.78. The fourth-order valence-electron chi connectivity index (χ4n) is 6.01. The van der Waals surface area contributed by atoms with Gasteiger partial charge in [0.2, 0.25) is 0 Å². The van der Waals surface area contributed by atoms with Gasteiger partial charge in [0.25, 0.3) is 5.56 Å². The number of rotatable bonds is 3. The van der Waals surface area contributed by atoms with Gasteiger partial charge in [-0.2, -0.15) is 5.10 Å². The highest BCUT2D eigenvalue weighted by molar-refractivity contribution is 7.99. The largest absolute Gasteiger partial charge is 0.375 e. The van der Waals surface area contributed by atoms with Crippen LogP contribution in [0.1, 0.15) is 76.5 Å². The number of aromatic nitrogens is 2. The van der Waals surface area contributed by atoms with Gasteiger partial charge in [-0.1, -0.05) is 44.0 Å². The average molecular weight is 425 g/mol. The topological polar surface area (TPSA) is 44.1 Å². The third-order valence-electron chi connectivity index (χ3n) is 7.29. The lowest BCUT2D eigenvalue weighted by molar-refractivity contribution is -0.0717. The summed E-state index contributed by atoms with van der Waals surface area (Å²) in [4.78, 5) is 14.1. The summed E-state index contributed by atoms with van der Waals surface area (Å²) in [6.07, 6.45) is 7.33. The van der Waals surface area contributed by atoms with Crippen LogP contribution in [0, 0.1) is 0 Å². The minimum atomic E-state index is -0.213. The molecule has 1 saturated heterocycles. The van der Waals surface area contributed by atoms with Gasteiger partial charge in [-0.25, -0.2) is 4.68 Å². The summed E-state index contributed by atoms with van der Waals surface area (Å²) in [6.45, 7) is 7.11. The second-order valence-corrected chi connectivity index (χ2v) is 11.1. The molecule has 0 radical (unpaired) electrons. The molecule has 5 heteroatoms. The van der Waals surface area contributed by atoms with Gasteiger partial charge in [0.15, 0.2) is 0 Å². The molecule has 2 aliphatic carbocycles. The Morgan fingerprint density at radius 3 is 2.73 bits per heavy atom. The van der Waals surface area contributed by atoms with Crippen LogP contribution in [-0.4, -0.2) is 27.7 Å². The quantitative estimate of drug-likeness (QED) is 0.609. The average Bonchev–Trinajstić information content (AvgIpc) is 3.17. The summed E-state index contributed by atoms with van der Waals surface area (Å²) in [7, 11) is 0. The standard InChI is InChI=1S/C25H32N2O2S/c1-4-30-22-20-19-10-6-5-9-17(19)15-25(12-7-8-13-25)21(20)23(28)27(26-22)18-11-14-29-24(2,3)16-18/h5-6,9-10,18H,4,7-8,11-16H2,1-3H3. The van der Waals surface area contributed by atoms with Gasteiger partial charge in [0.05, 0.1) is 11.6 Å². The van der Waals surface area contributed by atoms with E-state index in [1.165, 1.54) is 24.0 Å². The van der Waals surface area contributed by atoms with Crippen molar-refractivity contribution >= 4 is 11.8 Å². The van der Waals surface area contributed by atoms with Crippen LogP contribution in [0.15, 0.2) is 34.1 Å². The maximum Gasteiger partial charge on any atom is 0.271 e.